The Morgan fingerprint density at radius 2 is 2.11 bits per heavy atom. The molecule has 0 bridgehead atoms. The van der Waals surface area contributed by atoms with Crippen molar-refractivity contribution in [1.29, 1.82) is 0 Å². The number of benzene rings is 1. The van der Waals surface area contributed by atoms with Gasteiger partial charge in [0.2, 0.25) is 5.89 Å². The first-order chi connectivity index (χ1) is 9.10. The van der Waals surface area contributed by atoms with Crippen LogP contribution in [0.3, 0.4) is 0 Å². The van der Waals surface area contributed by atoms with E-state index in [9.17, 15) is 0 Å². The molecule has 1 atom stereocenters. The Kier molecular flexibility index (Phi) is 4.86. The number of nitrogens with one attached hydrogen (secondary N) is 1. The zero-order valence-electron chi connectivity index (χ0n) is 10.9. The SMILES string of the molecule is CCc1cnc(CNC(C)c2ccc(Cl)c(Cl)c2)o1. The monoisotopic (exact) mass is 298 g/mol. The molecule has 0 radical (unpaired) electrons. The number of hydrogen-bond donors (Lipinski definition) is 1. The van der Waals surface area contributed by atoms with Gasteiger partial charge in [-0.3, -0.25) is 0 Å². The van der Waals surface area contributed by atoms with E-state index in [-0.39, 0.29) is 6.04 Å². The zero-order chi connectivity index (χ0) is 13.8. The standard InChI is InChI=1S/C14H16Cl2N2O/c1-3-11-7-18-14(19-11)8-17-9(2)10-4-5-12(15)13(16)6-10/h4-7,9,17H,3,8H2,1-2H3. The van der Waals surface area contributed by atoms with E-state index in [2.05, 4.69) is 17.2 Å². The minimum Gasteiger partial charge on any atom is -0.444 e. The van der Waals surface area contributed by atoms with Gasteiger partial charge in [-0.2, -0.15) is 0 Å². The summed E-state index contributed by atoms with van der Waals surface area (Å²) >= 11 is 11.9. The van der Waals surface area contributed by atoms with Crippen molar-refractivity contribution in [2.45, 2.75) is 32.9 Å². The van der Waals surface area contributed by atoms with Gasteiger partial charge in [0.05, 0.1) is 22.8 Å². The molecule has 19 heavy (non-hydrogen) atoms. The number of aryl methyl sites for hydroxylation is 1. The Morgan fingerprint density at radius 1 is 1.32 bits per heavy atom. The van der Waals surface area contributed by atoms with Crippen LogP contribution >= 0.6 is 23.2 Å². The topological polar surface area (TPSA) is 38.1 Å². The van der Waals surface area contributed by atoms with Gasteiger partial charge in [-0.15, -0.1) is 0 Å². The summed E-state index contributed by atoms with van der Waals surface area (Å²) < 4.78 is 5.54. The summed E-state index contributed by atoms with van der Waals surface area (Å²) in [4.78, 5) is 4.21. The molecule has 0 aliphatic carbocycles. The lowest BCUT2D eigenvalue weighted by molar-refractivity contribution is 0.424. The fourth-order valence-electron chi connectivity index (χ4n) is 1.73. The minimum atomic E-state index is 0.145. The first-order valence-corrected chi connectivity index (χ1v) is 6.97. The van der Waals surface area contributed by atoms with Gasteiger partial charge in [0, 0.05) is 12.5 Å². The van der Waals surface area contributed by atoms with Gasteiger partial charge in [-0.05, 0) is 24.6 Å². The third-order valence-corrected chi connectivity index (χ3v) is 3.69. The molecule has 5 heteroatoms. The molecule has 1 heterocycles. The molecule has 0 aliphatic rings. The summed E-state index contributed by atoms with van der Waals surface area (Å²) in [5.41, 5.74) is 1.08. The van der Waals surface area contributed by atoms with Crippen LogP contribution in [0.25, 0.3) is 0 Å². The Bertz CT molecular complexity index is 554. The fourth-order valence-corrected chi connectivity index (χ4v) is 2.04. The second-order valence-corrected chi connectivity index (χ2v) is 5.16. The Balaban J connectivity index is 1.96. The smallest absolute Gasteiger partial charge is 0.208 e. The lowest BCUT2D eigenvalue weighted by atomic mass is 10.1. The fraction of sp³-hybridized carbons (Fsp3) is 0.357. The van der Waals surface area contributed by atoms with E-state index < -0.39 is 0 Å². The normalized spacial score (nSPS) is 12.6. The molecule has 1 aromatic carbocycles. The second-order valence-electron chi connectivity index (χ2n) is 4.35. The maximum Gasteiger partial charge on any atom is 0.208 e. The zero-order valence-corrected chi connectivity index (χ0v) is 12.4. The minimum absolute atomic E-state index is 0.145. The molecule has 1 N–H and O–H groups in total. The Morgan fingerprint density at radius 3 is 2.74 bits per heavy atom. The molecule has 1 aromatic heterocycles. The maximum atomic E-state index is 6.01. The van der Waals surface area contributed by atoms with Gasteiger partial charge < -0.3 is 9.73 Å². The van der Waals surface area contributed by atoms with E-state index in [4.69, 9.17) is 27.6 Å². The predicted octanol–water partition coefficient (Wildman–Crippen LogP) is 4.39. The average molecular weight is 299 g/mol. The molecule has 0 saturated carbocycles. The van der Waals surface area contributed by atoms with E-state index in [1.165, 1.54) is 0 Å². The van der Waals surface area contributed by atoms with Crippen LogP contribution in [-0.4, -0.2) is 4.98 Å². The third-order valence-electron chi connectivity index (χ3n) is 2.95. The van der Waals surface area contributed by atoms with Crippen LogP contribution < -0.4 is 5.32 Å². The lowest BCUT2D eigenvalue weighted by Gasteiger charge is -2.13. The van der Waals surface area contributed by atoms with Gasteiger partial charge in [-0.25, -0.2) is 4.98 Å². The van der Waals surface area contributed by atoms with Crippen molar-refractivity contribution in [3.8, 4) is 0 Å². The van der Waals surface area contributed by atoms with Crippen LogP contribution in [0.5, 0.6) is 0 Å². The molecule has 102 valence electrons. The summed E-state index contributed by atoms with van der Waals surface area (Å²) in [6, 6.07) is 5.78. The summed E-state index contributed by atoms with van der Waals surface area (Å²) in [6.45, 7) is 4.68. The highest BCUT2D eigenvalue weighted by Crippen LogP contribution is 2.25. The van der Waals surface area contributed by atoms with Gasteiger partial charge in [0.15, 0.2) is 0 Å². The predicted molar refractivity (Wildman–Crippen MR) is 77.6 cm³/mol. The van der Waals surface area contributed by atoms with Gasteiger partial charge in [-0.1, -0.05) is 36.2 Å². The van der Waals surface area contributed by atoms with E-state index in [0.29, 0.717) is 22.5 Å². The van der Waals surface area contributed by atoms with Crippen molar-refractivity contribution in [2.24, 2.45) is 0 Å². The number of halogens is 2. The second kappa shape index (κ2) is 6.42. The van der Waals surface area contributed by atoms with Crippen molar-refractivity contribution < 1.29 is 4.42 Å². The molecule has 0 spiro atoms. The van der Waals surface area contributed by atoms with Crippen LogP contribution in [0.4, 0.5) is 0 Å². The molecule has 2 rings (SSSR count). The molecule has 1 unspecified atom stereocenters. The summed E-state index contributed by atoms with van der Waals surface area (Å²) in [7, 11) is 0. The summed E-state index contributed by atoms with van der Waals surface area (Å²) in [5.74, 6) is 1.60. The molecule has 2 aromatic rings. The van der Waals surface area contributed by atoms with Gasteiger partial charge in [0.1, 0.15) is 5.76 Å². The van der Waals surface area contributed by atoms with E-state index in [1.807, 2.05) is 19.1 Å². The molecular weight excluding hydrogens is 283 g/mol. The van der Waals surface area contributed by atoms with Crippen molar-refractivity contribution >= 4 is 23.2 Å². The number of oxazole rings is 1. The maximum absolute atomic E-state index is 6.01. The van der Waals surface area contributed by atoms with Crippen LogP contribution in [0, 0.1) is 0 Å². The average Bonchev–Trinajstić information content (AvgIpc) is 2.87. The number of aromatic nitrogens is 1. The highest BCUT2D eigenvalue weighted by molar-refractivity contribution is 6.42. The van der Waals surface area contributed by atoms with Crippen molar-refractivity contribution in [3.05, 3.63) is 51.7 Å². The van der Waals surface area contributed by atoms with Crippen molar-refractivity contribution in [2.75, 3.05) is 0 Å². The number of hydrogen-bond acceptors (Lipinski definition) is 3. The third kappa shape index (κ3) is 3.72. The summed E-state index contributed by atoms with van der Waals surface area (Å²) in [5, 5.41) is 4.48. The van der Waals surface area contributed by atoms with Gasteiger partial charge in [0.25, 0.3) is 0 Å². The number of rotatable bonds is 5. The van der Waals surface area contributed by atoms with E-state index in [1.54, 1.807) is 12.3 Å². The molecule has 0 saturated heterocycles. The molecular formula is C14H16Cl2N2O. The molecule has 0 amide bonds. The Hall–Kier alpha value is -1.03. The van der Waals surface area contributed by atoms with Crippen molar-refractivity contribution in [1.82, 2.24) is 10.3 Å². The van der Waals surface area contributed by atoms with E-state index in [0.717, 1.165) is 17.7 Å². The van der Waals surface area contributed by atoms with Gasteiger partial charge >= 0.3 is 0 Å². The van der Waals surface area contributed by atoms with Crippen LogP contribution in [0.15, 0.2) is 28.8 Å². The molecule has 3 nitrogen and oxygen atoms in total. The highest BCUT2D eigenvalue weighted by atomic mass is 35.5. The first kappa shape index (κ1) is 14.4. The van der Waals surface area contributed by atoms with Crippen LogP contribution in [-0.2, 0) is 13.0 Å². The van der Waals surface area contributed by atoms with Crippen LogP contribution in [0.1, 0.15) is 37.1 Å². The van der Waals surface area contributed by atoms with E-state index >= 15 is 0 Å². The van der Waals surface area contributed by atoms with Crippen molar-refractivity contribution in [3.63, 3.8) is 0 Å². The highest BCUT2D eigenvalue weighted by Gasteiger charge is 2.09. The summed E-state index contributed by atoms with van der Waals surface area (Å²) in [6.07, 6.45) is 2.62. The quantitative estimate of drug-likeness (QED) is 0.889. The first-order valence-electron chi connectivity index (χ1n) is 6.22. The molecule has 0 fully saturated rings. The van der Waals surface area contributed by atoms with Crippen LogP contribution in [0.2, 0.25) is 10.0 Å². The molecule has 0 aliphatic heterocycles. The number of nitrogens with zero attached hydrogens (tertiary/aromatic N) is 1. The lowest BCUT2D eigenvalue weighted by Crippen LogP contribution is -2.18. The largest absolute Gasteiger partial charge is 0.444 e. The Labute approximate surface area is 122 Å².